The average molecular weight is 340 g/mol. The monoisotopic (exact) mass is 339 g/mol. The minimum atomic E-state index is -1.07. The first-order chi connectivity index (χ1) is 11.0. The van der Waals surface area contributed by atoms with Gasteiger partial charge in [0.05, 0.1) is 22.8 Å². The third-order valence-corrected chi connectivity index (χ3v) is 4.34. The molecule has 1 aliphatic rings. The van der Waals surface area contributed by atoms with Crippen molar-refractivity contribution >= 4 is 17.5 Å². The molecule has 4 nitrogen and oxygen atoms in total. The number of aromatic nitrogens is 2. The summed E-state index contributed by atoms with van der Waals surface area (Å²) in [5.74, 6) is -2.52. The summed E-state index contributed by atoms with van der Waals surface area (Å²) in [6, 6.07) is 1.77. The molecule has 1 aromatic heterocycles. The molecule has 0 bridgehead atoms. The Kier molecular flexibility index (Phi) is 4.35. The van der Waals surface area contributed by atoms with Crippen LogP contribution in [0.2, 0.25) is 5.02 Å². The van der Waals surface area contributed by atoms with E-state index in [0.717, 1.165) is 30.5 Å². The number of piperidine rings is 1. The van der Waals surface area contributed by atoms with E-state index in [1.165, 1.54) is 0 Å². The van der Waals surface area contributed by atoms with Gasteiger partial charge in [-0.1, -0.05) is 11.6 Å². The Morgan fingerprint density at radius 1 is 1.35 bits per heavy atom. The number of hydrogen-bond acceptors (Lipinski definition) is 2. The summed E-state index contributed by atoms with van der Waals surface area (Å²) in [5.41, 5.74) is 1.04. The zero-order chi connectivity index (χ0) is 16.6. The van der Waals surface area contributed by atoms with Crippen LogP contribution in [0.5, 0.6) is 0 Å². The van der Waals surface area contributed by atoms with Gasteiger partial charge >= 0.3 is 0 Å². The Bertz CT molecular complexity index is 747. The SMILES string of the molecule is Cc1cnn([C@H]2CCCN(C(=O)c3cc(F)c(F)cc3Cl)C2)c1. The van der Waals surface area contributed by atoms with Gasteiger partial charge in [0.25, 0.3) is 5.91 Å². The second-order valence-corrected chi connectivity index (χ2v) is 6.20. The van der Waals surface area contributed by atoms with Crippen LogP contribution in [0.1, 0.15) is 34.8 Å². The van der Waals surface area contributed by atoms with Crippen LogP contribution in [0.15, 0.2) is 24.5 Å². The molecule has 3 rings (SSSR count). The van der Waals surface area contributed by atoms with Crippen molar-refractivity contribution in [2.45, 2.75) is 25.8 Å². The van der Waals surface area contributed by atoms with Gasteiger partial charge in [-0.2, -0.15) is 5.10 Å². The Morgan fingerprint density at radius 2 is 2.09 bits per heavy atom. The lowest BCUT2D eigenvalue weighted by molar-refractivity contribution is 0.0672. The quantitative estimate of drug-likeness (QED) is 0.784. The molecule has 1 atom stereocenters. The van der Waals surface area contributed by atoms with Crippen molar-refractivity contribution in [1.82, 2.24) is 14.7 Å². The predicted octanol–water partition coefficient (Wildman–Crippen LogP) is 3.60. The van der Waals surface area contributed by atoms with Crippen LogP contribution in [0.4, 0.5) is 8.78 Å². The molecular weight excluding hydrogens is 324 g/mol. The van der Waals surface area contributed by atoms with Crippen molar-refractivity contribution in [2.75, 3.05) is 13.1 Å². The van der Waals surface area contributed by atoms with E-state index in [-0.39, 0.29) is 22.5 Å². The van der Waals surface area contributed by atoms with Crippen molar-refractivity contribution in [1.29, 1.82) is 0 Å². The Hall–Kier alpha value is -1.95. The summed E-state index contributed by atoms with van der Waals surface area (Å²) in [6.07, 6.45) is 5.43. The molecular formula is C16H16ClF2N3O. The Balaban J connectivity index is 1.81. The van der Waals surface area contributed by atoms with Crippen LogP contribution in [-0.2, 0) is 0 Å². The number of rotatable bonds is 2. The first kappa shape index (κ1) is 15.9. The van der Waals surface area contributed by atoms with Gasteiger partial charge in [-0.15, -0.1) is 0 Å². The van der Waals surface area contributed by atoms with Crippen LogP contribution in [0.3, 0.4) is 0 Å². The van der Waals surface area contributed by atoms with Gasteiger partial charge in [-0.3, -0.25) is 9.48 Å². The molecule has 0 aliphatic carbocycles. The van der Waals surface area contributed by atoms with Crippen molar-refractivity contribution in [3.63, 3.8) is 0 Å². The lowest BCUT2D eigenvalue weighted by Gasteiger charge is -2.33. The number of aryl methyl sites for hydroxylation is 1. The summed E-state index contributed by atoms with van der Waals surface area (Å²) in [4.78, 5) is 14.2. The summed E-state index contributed by atoms with van der Waals surface area (Å²) in [7, 11) is 0. The third-order valence-electron chi connectivity index (χ3n) is 4.03. The number of carbonyl (C=O) groups is 1. The largest absolute Gasteiger partial charge is 0.336 e. The summed E-state index contributed by atoms with van der Waals surface area (Å²) >= 11 is 5.90. The van der Waals surface area contributed by atoms with Gasteiger partial charge in [0, 0.05) is 19.3 Å². The first-order valence-electron chi connectivity index (χ1n) is 7.40. The van der Waals surface area contributed by atoms with Gasteiger partial charge in [0.1, 0.15) is 0 Å². The fourth-order valence-electron chi connectivity index (χ4n) is 2.84. The van der Waals surface area contributed by atoms with Crippen molar-refractivity contribution in [2.24, 2.45) is 0 Å². The van der Waals surface area contributed by atoms with E-state index < -0.39 is 11.6 Å². The highest BCUT2D eigenvalue weighted by Gasteiger charge is 2.27. The molecule has 0 unspecified atom stereocenters. The minimum Gasteiger partial charge on any atom is -0.336 e. The van der Waals surface area contributed by atoms with Crippen LogP contribution in [0, 0.1) is 18.6 Å². The van der Waals surface area contributed by atoms with Gasteiger partial charge < -0.3 is 4.90 Å². The molecule has 1 amide bonds. The number of likely N-dealkylation sites (tertiary alicyclic amines) is 1. The summed E-state index contributed by atoms with van der Waals surface area (Å²) < 4.78 is 28.4. The number of benzene rings is 1. The zero-order valence-corrected chi connectivity index (χ0v) is 13.4. The van der Waals surface area contributed by atoms with Crippen LogP contribution in [0.25, 0.3) is 0 Å². The van der Waals surface area contributed by atoms with E-state index in [1.54, 1.807) is 11.1 Å². The lowest BCUT2D eigenvalue weighted by atomic mass is 10.0. The smallest absolute Gasteiger partial charge is 0.255 e. The predicted molar refractivity (Wildman–Crippen MR) is 82.5 cm³/mol. The van der Waals surface area contributed by atoms with E-state index in [9.17, 15) is 13.6 Å². The molecule has 1 aromatic carbocycles. The average Bonchev–Trinajstić information content (AvgIpc) is 2.97. The molecule has 2 aromatic rings. The van der Waals surface area contributed by atoms with Crippen molar-refractivity contribution < 1.29 is 13.6 Å². The molecule has 0 spiro atoms. The number of nitrogens with zero attached hydrogens (tertiary/aromatic N) is 3. The van der Waals surface area contributed by atoms with Crippen LogP contribution in [-0.4, -0.2) is 33.7 Å². The molecule has 7 heteroatoms. The van der Waals surface area contributed by atoms with Gasteiger partial charge in [0.2, 0.25) is 0 Å². The van der Waals surface area contributed by atoms with E-state index in [1.807, 2.05) is 17.8 Å². The molecule has 1 fully saturated rings. The second kappa shape index (κ2) is 6.28. The fraction of sp³-hybridized carbons (Fsp3) is 0.375. The highest BCUT2D eigenvalue weighted by molar-refractivity contribution is 6.33. The molecule has 0 radical (unpaired) electrons. The Morgan fingerprint density at radius 3 is 2.78 bits per heavy atom. The van der Waals surface area contributed by atoms with E-state index in [4.69, 9.17) is 11.6 Å². The van der Waals surface area contributed by atoms with Crippen molar-refractivity contribution in [3.05, 3.63) is 52.3 Å². The van der Waals surface area contributed by atoms with E-state index in [2.05, 4.69) is 5.10 Å². The molecule has 1 saturated heterocycles. The lowest BCUT2D eigenvalue weighted by Crippen LogP contribution is -2.41. The summed E-state index contributed by atoms with van der Waals surface area (Å²) in [6.45, 7) is 2.98. The topological polar surface area (TPSA) is 38.1 Å². The normalized spacial score (nSPS) is 18.3. The highest BCUT2D eigenvalue weighted by atomic mass is 35.5. The zero-order valence-electron chi connectivity index (χ0n) is 12.6. The Labute approximate surface area is 137 Å². The minimum absolute atomic E-state index is 0.0112. The van der Waals surface area contributed by atoms with Crippen molar-refractivity contribution in [3.8, 4) is 0 Å². The molecule has 0 N–H and O–H groups in total. The molecule has 0 saturated carbocycles. The third kappa shape index (κ3) is 3.22. The second-order valence-electron chi connectivity index (χ2n) is 5.79. The molecule has 122 valence electrons. The maximum atomic E-state index is 13.4. The number of hydrogen-bond donors (Lipinski definition) is 0. The number of carbonyl (C=O) groups excluding carboxylic acids is 1. The van der Waals surface area contributed by atoms with Gasteiger partial charge in [0.15, 0.2) is 11.6 Å². The van der Waals surface area contributed by atoms with Gasteiger partial charge in [-0.25, -0.2) is 8.78 Å². The van der Waals surface area contributed by atoms with E-state index in [0.29, 0.717) is 13.1 Å². The van der Waals surface area contributed by atoms with E-state index >= 15 is 0 Å². The highest BCUT2D eigenvalue weighted by Crippen LogP contribution is 2.26. The first-order valence-corrected chi connectivity index (χ1v) is 7.78. The molecule has 2 heterocycles. The van der Waals surface area contributed by atoms with Crippen LogP contribution >= 0.6 is 11.6 Å². The summed E-state index contributed by atoms with van der Waals surface area (Å²) in [5, 5.41) is 4.21. The standard InChI is InChI=1S/C16H16ClF2N3O/c1-10-7-20-22(8-10)11-3-2-4-21(9-11)16(23)12-5-14(18)15(19)6-13(12)17/h5-8,11H,2-4,9H2,1H3/t11-/m0/s1. The number of amides is 1. The van der Waals surface area contributed by atoms with Gasteiger partial charge in [-0.05, 0) is 37.5 Å². The molecule has 23 heavy (non-hydrogen) atoms. The maximum absolute atomic E-state index is 13.4. The maximum Gasteiger partial charge on any atom is 0.255 e. The fourth-order valence-corrected chi connectivity index (χ4v) is 3.08. The number of halogens is 3. The molecule has 1 aliphatic heterocycles. The van der Waals surface area contributed by atoms with Crippen LogP contribution < -0.4 is 0 Å².